The van der Waals surface area contributed by atoms with Gasteiger partial charge in [0.1, 0.15) is 17.4 Å². The van der Waals surface area contributed by atoms with Gasteiger partial charge in [-0.25, -0.2) is 4.98 Å². The summed E-state index contributed by atoms with van der Waals surface area (Å²) in [7, 11) is 3.52. The van der Waals surface area contributed by atoms with E-state index in [1.165, 1.54) is 0 Å². The van der Waals surface area contributed by atoms with E-state index in [4.69, 9.17) is 27.5 Å². The van der Waals surface area contributed by atoms with Crippen molar-refractivity contribution in [2.45, 2.75) is 6.54 Å². The van der Waals surface area contributed by atoms with E-state index in [0.29, 0.717) is 22.9 Å². The molecule has 3 N–H and O–H groups in total. The summed E-state index contributed by atoms with van der Waals surface area (Å²) in [4.78, 5) is 6.18. The number of nitrogen functional groups attached to an aromatic ring is 1. The molecule has 0 radical (unpaired) electrons. The first-order chi connectivity index (χ1) is 10.0. The number of nitrogens with one attached hydrogen (secondary N) is 1. The lowest BCUT2D eigenvalue weighted by molar-refractivity contribution is 0.414. The average molecular weight is 305 g/mol. The van der Waals surface area contributed by atoms with Gasteiger partial charge in [0.15, 0.2) is 0 Å². The van der Waals surface area contributed by atoms with Crippen LogP contribution in [0, 0.1) is 5.41 Å². The van der Waals surface area contributed by atoms with E-state index in [2.05, 4.69) is 4.98 Å². The number of rotatable bonds is 5. The summed E-state index contributed by atoms with van der Waals surface area (Å²) in [5.41, 5.74) is 7.07. The molecule has 0 bridgehead atoms. The van der Waals surface area contributed by atoms with Gasteiger partial charge in [0.05, 0.1) is 12.1 Å². The quantitative estimate of drug-likeness (QED) is 0.658. The van der Waals surface area contributed by atoms with Crippen molar-refractivity contribution >= 4 is 23.3 Å². The lowest BCUT2D eigenvalue weighted by Gasteiger charge is -2.20. The van der Waals surface area contributed by atoms with Crippen molar-refractivity contribution in [1.29, 1.82) is 5.41 Å². The topological polar surface area (TPSA) is 75.2 Å². The molecule has 1 aromatic carbocycles. The molecule has 1 aromatic heterocycles. The molecular weight excluding hydrogens is 288 g/mol. The molecule has 0 saturated carbocycles. The second-order valence-electron chi connectivity index (χ2n) is 4.62. The SMILES string of the molecule is COc1cccc(CN(C)c2nccc(C(=N)N)c2Cl)c1. The summed E-state index contributed by atoms with van der Waals surface area (Å²) in [6.45, 7) is 0.616. The zero-order chi connectivity index (χ0) is 15.4. The van der Waals surface area contributed by atoms with Crippen molar-refractivity contribution in [2.24, 2.45) is 5.73 Å². The first-order valence-electron chi connectivity index (χ1n) is 6.36. The molecule has 0 spiro atoms. The van der Waals surface area contributed by atoms with E-state index in [-0.39, 0.29) is 5.84 Å². The van der Waals surface area contributed by atoms with Crippen LogP contribution in [0.3, 0.4) is 0 Å². The van der Waals surface area contributed by atoms with Crippen LogP contribution in [0.5, 0.6) is 5.75 Å². The van der Waals surface area contributed by atoms with Crippen molar-refractivity contribution in [3.8, 4) is 5.75 Å². The highest BCUT2D eigenvalue weighted by molar-refractivity contribution is 6.36. The van der Waals surface area contributed by atoms with Crippen molar-refractivity contribution < 1.29 is 4.74 Å². The fourth-order valence-electron chi connectivity index (χ4n) is 2.03. The summed E-state index contributed by atoms with van der Waals surface area (Å²) in [5.74, 6) is 1.32. The Morgan fingerprint density at radius 1 is 1.43 bits per heavy atom. The van der Waals surface area contributed by atoms with Crippen LogP contribution in [-0.4, -0.2) is 25.0 Å². The Bertz CT molecular complexity index is 660. The number of ether oxygens (including phenoxy) is 1. The van der Waals surface area contributed by atoms with Crippen LogP contribution in [0.1, 0.15) is 11.1 Å². The molecule has 2 aromatic rings. The Labute approximate surface area is 128 Å². The predicted molar refractivity (Wildman–Crippen MR) is 85.4 cm³/mol. The zero-order valence-electron chi connectivity index (χ0n) is 11.9. The highest BCUT2D eigenvalue weighted by atomic mass is 35.5. The maximum atomic E-state index is 7.52. The maximum Gasteiger partial charge on any atom is 0.148 e. The van der Waals surface area contributed by atoms with Gasteiger partial charge in [-0.2, -0.15) is 0 Å². The molecule has 0 aliphatic heterocycles. The van der Waals surface area contributed by atoms with Gasteiger partial charge in [-0.1, -0.05) is 23.7 Å². The summed E-state index contributed by atoms with van der Waals surface area (Å²) in [6, 6.07) is 9.42. The van der Waals surface area contributed by atoms with Gasteiger partial charge in [0.25, 0.3) is 0 Å². The number of hydrogen-bond donors (Lipinski definition) is 2. The van der Waals surface area contributed by atoms with Crippen LogP contribution < -0.4 is 15.4 Å². The second kappa shape index (κ2) is 6.45. The number of amidine groups is 1. The van der Waals surface area contributed by atoms with E-state index in [1.54, 1.807) is 19.4 Å². The van der Waals surface area contributed by atoms with Gasteiger partial charge in [0, 0.05) is 25.4 Å². The molecule has 110 valence electrons. The normalized spacial score (nSPS) is 10.2. The van der Waals surface area contributed by atoms with Gasteiger partial charge in [-0.3, -0.25) is 5.41 Å². The molecule has 0 aliphatic carbocycles. The molecule has 0 aliphatic rings. The Morgan fingerprint density at radius 2 is 2.19 bits per heavy atom. The summed E-state index contributed by atoms with van der Waals surface area (Å²) < 4.78 is 5.21. The predicted octanol–water partition coefficient (Wildman–Crippen LogP) is 2.66. The monoisotopic (exact) mass is 304 g/mol. The smallest absolute Gasteiger partial charge is 0.148 e. The minimum atomic E-state index is -0.0709. The number of hydrogen-bond acceptors (Lipinski definition) is 4. The molecule has 0 amide bonds. The molecule has 0 unspecified atom stereocenters. The molecule has 2 rings (SSSR count). The van der Waals surface area contributed by atoms with Crippen molar-refractivity contribution in [3.63, 3.8) is 0 Å². The van der Waals surface area contributed by atoms with Gasteiger partial charge in [-0.15, -0.1) is 0 Å². The van der Waals surface area contributed by atoms with Crippen molar-refractivity contribution in [3.05, 3.63) is 52.7 Å². The molecule has 1 heterocycles. The van der Waals surface area contributed by atoms with Crippen LogP contribution in [0.15, 0.2) is 36.5 Å². The summed E-state index contributed by atoms with van der Waals surface area (Å²) >= 11 is 6.27. The van der Waals surface area contributed by atoms with Crippen LogP contribution in [0.4, 0.5) is 5.82 Å². The lowest BCUT2D eigenvalue weighted by atomic mass is 10.2. The third-order valence-electron chi connectivity index (χ3n) is 3.08. The average Bonchev–Trinajstić information content (AvgIpc) is 2.47. The van der Waals surface area contributed by atoms with Gasteiger partial charge < -0.3 is 15.4 Å². The molecule has 0 fully saturated rings. The fourth-order valence-corrected chi connectivity index (χ4v) is 2.38. The Kier molecular flexibility index (Phi) is 4.65. The minimum absolute atomic E-state index is 0.0709. The molecule has 21 heavy (non-hydrogen) atoms. The Hall–Kier alpha value is -2.27. The largest absolute Gasteiger partial charge is 0.497 e. The Morgan fingerprint density at radius 3 is 2.86 bits per heavy atom. The standard InChI is InChI=1S/C15H17ClN4O/c1-20(9-10-4-3-5-11(8-10)21-2)15-13(16)12(14(17)18)6-7-19-15/h3-8H,9H2,1-2H3,(H3,17,18). The Balaban J connectivity index is 2.26. The van der Waals surface area contributed by atoms with Crippen LogP contribution in [0.25, 0.3) is 0 Å². The number of benzene rings is 1. The first kappa shape index (κ1) is 15.1. The molecular formula is C15H17ClN4O. The highest BCUT2D eigenvalue weighted by Gasteiger charge is 2.13. The molecule has 5 nitrogen and oxygen atoms in total. The first-order valence-corrected chi connectivity index (χ1v) is 6.73. The number of aromatic nitrogens is 1. The van der Waals surface area contributed by atoms with E-state index in [9.17, 15) is 0 Å². The van der Waals surface area contributed by atoms with Crippen LogP contribution in [0.2, 0.25) is 5.02 Å². The number of anilines is 1. The van der Waals surface area contributed by atoms with Crippen LogP contribution in [-0.2, 0) is 6.54 Å². The van der Waals surface area contributed by atoms with Gasteiger partial charge in [0.2, 0.25) is 0 Å². The number of nitrogens with zero attached hydrogens (tertiary/aromatic N) is 2. The van der Waals surface area contributed by atoms with E-state index >= 15 is 0 Å². The molecule has 0 saturated heterocycles. The van der Waals surface area contributed by atoms with Crippen molar-refractivity contribution in [1.82, 2.24) is 4.98 Å². The summed E-state index contributed by atoms with van der Waals surface area (Å²) in [6.07, 6.45) is 1.60. The van der Waals surface area contributed by atoms with E-state index < -0.39 is 0 Å². The third-order valence-corrected chi connectivity index (χ3v) is 3.45. The van der Waals surface area contributed by atoms with Gasteiger partial charge in [-0.05, 0) is 23.8 Å². The minimum Gasteiger partial charge on any atom is -0.497 e. The second-order valence-corrected chi connectivity index (χ2v) is 5.00. The maximum absolute atomic E-state index is 7.52. The lowest BCUT2D eigenvalue weighted by Crippen LogP contribution is -2.20. The number of halogens is 1. The molecule has 0 atom stereocenters. The summed E-state index contributed by atoms with van der Waals surface area (Å²) in [5, 5.41) is 7.90. The van der Waals surface area contributed by atoms with Crippen LogP contribution >= 0.6 is 11.6 Å². The van der Waals surface area contributed by atoms with Gasteiger partial charge >= 0.3 is 0 Å². The zero-order valence-corrected chi connectivity index (χ0v) is 12.7. The number of nitrogens with two attached hydrogens (primary N) is 1. The number of methoxy groups -OCH3 is 1. The van der Waals surface area contributed by atoms with E-state index in [1.807, 2.05) is 36.2 Å². The highest BCUT2D eigenvalue weighted by Crippen LogP contribution is 2.27. The fraction of sp³-hybridized carbons (Fsp3) is 0.200. The third kappa shape index (κ3) is 3.44. The molecule has 6 heteroatoms. The number of pyridine rings is 1. The van der Waals surface area contributed by atoms with E-state index in [0.717, 1.165) is 11.3 Å². The van der Waals surface area contributed by atoms with Crippen molar-refractivity contribution in [2.75, 3.05) is 19.1 Å².